The van der Waals surface area contributed by atoms with Crippen molar-refractivity contribution in [3.05, 3.63) is 12.2 Å². The molecular weight excluding hydrogens is 216 g/mol. The molecule has 2 heterocycles. The average molecular weight is 238 g/mol. The third kappa shape index (κ3) is 2.50. The summed E-state index contributed by atoms with van der Waals surface area (Å²) < 4.78 is 2.11. The van der Waals surface area contributed by atoms with Crippen molar-refractivity contribution >= 4 is 0 Å². The Morgan fingerprint density at radius 3 is 2.76 bits per heavy atom. The highest BCUT2D eigenvalue weighted by atomic mass is 16.3. The van der Waals surface area contributed by atoms with Gasteiger partial charge in [0.2, 0.25) is 0 Å². The van der Waals surface area contributed by atoms with Gasteiger partial charge in [0.15, 0.2) is 0 Å². The van der Waals surface area contributed by atoms with E-state index in [1.165, 1.54) is 0 Å². The van der Waals surface area contributed by atoms with E-state index in [-0.39, 0.29) is 12.0 Å². The number of fused-ring (bicyclic) bond motifs is 1. The Morgan fingerprint density at radius 1 is 1.35 bits per heavy atom. The van der Waals surface area contributed by atoms with Gasteiger partial charge in [-0.2, -0.15) is 0 Å². The highest BCUT2D eigenvalue weighted by Gasteiger charge is 2.29. The van der Waals surface area contributed by atoms with Crippen molar-refractivity contribution in [3.63, 3.8) is 0 Å². The molecule has 1 N–H and O–H groups in total. The zero-order valence-electron chi connectivity index (χ0n) is 10.8. The molecule has 0 saturated carbocycles. The molecule has 0 aromatic carbocycles. The van der Waals surface area contributed by atoms with Gasteiger partial charge in [0.1, 0.15) is 12.2 Å². The lowest BCUT2D eigenvalue weighted by Gasteiger charge is -2.37. The van der Waals surface area contributed by atoms with Gasteiger partial charge in [0, 0.05) is 31.7 Å². The molecule has 1 aromatic rings. The summed E-state index contributed by atoms with van der Waals surface area (Å²) in [7, 11) is 0. The average Bonchev–Trinajstić information content (AvgIpc) is 2.83. The van der Waals surface area contributed by atoms with E-state index in [0.29, 0.717) is 0 Å². The fourth-order valence-corrected chi connectivity index (χ4v) is 2.47. The molecule has 0 saturated heterocycles. The highest BCUT2D eigenvalue weighted by molar-refractivity contribution is 4.92. The molecule has 0 atom stereocenters. The molecule has 0 radical (unpaired) electrons. The lowest BCUT2D eigenvalue weighted by Crippen LogP contribution is -2.43. The van der Waals surface area contributed by atoms with Crippen molar-refractivity contribution in [3.8, 4) is 0 Å². The van der Waals surface area contributed by atoms with Crippen LogP contribution in [0.15, 0.2) is 6.33 Å². The van der Waals surface area contributed by atoms with Crippen LogP contribution in [0.4, 0.5) is 0 Å². The SMILES string of the molecule is CCC(CC)(CO)CN1CCn2cnnc2C1. The van der Waals surface area contributed by atoms with Gasteiger partial charge in [-0.25, -0.2) is 0 Å². The third-order valence-corrected chi connectivity index (χ3v) is 4.11. The Kier molecular flexibility index (Phi) is 3.79. The molecule has 0 spiro atoms. The minimum atomic E-state index is 0.0438. The third-order valence-electron chi connectivity index (χ3n) is 4.11. The van der Waals surface area contributed by atoms with Crippen LogP contribution < -0.4 is 0 Å². The summed E-state index contributed by atoms with van der Waals surface area (Å²) in [5, 5.41) is 17.7. The largest absolute Gasteiger partial charge is 0.396 e. The first-order chi connectivity index (χ1) is 8.23. The van der Waals surface area contributed by atoms with Crippen LogP contribution in [0.2, 0.25) is 0 Å². The topological polar surface area (TPSA) is 54.2 Å². The minimum Gasteiger partial charge on any atom is -0.396 e. The van der Waals surface area contributed by atoms with E-state index < -0.39 is 0 Å². The maximum Gasteiger partial charge on any atom is 0.147 e. The second-order valence-corrected chi connectivity index (χ2v) is 5.02. The minimum absolute atomic E-state index is 0.0438. The summed E-state index contributed by atoms with van der Waals surface area (Å²) in [4.78, 5) is 2.38. The first kappa shape index (κ1) is 12.5. The van der Waals surface area contributed by atoms with Crippen LogP contribution in [-0.2, 0) is 13.1 Å². The van der Waals surface area contributed by atoms with Gasteiger partial charge in [0.25, 0.3) is 0 Å². The van der Waals surface area contributed by atoms with Gasteiger partial charge in [0.05, 0.1) is 6.54 Å². The van der Waals surface area contributed by atoms with E-state index in [2.05, 4.69) is 33.5 Å². The molecule has 5 heteroatoms. The predicted molar refractivity (Wildman–Crippen MR) is 65.4 cm³/mol. The molecule has 0 bridgehead atoms. The van der Waals surface area contributed by atoms with Crippen molar-refractivity contribution in [2.45, 2.75) is 39.8 Å². The number of aliphatic hydroxyl groups is 1. The van der Waals surface area contributed by atoms with E-state index in [1.807, 2.05) is 0 Å². The van der Waals surface area contributed by atoms with Crippen molar-refractivity contribution < 1.29 is 5.11 Å². The Morgan fingerprint density at radius 2 is 2.12 bits per heavy atom. The van der Waals surface area contributed by atoms with Crippen molar-refractivity contribution in [2.75, 3.05) is 19.7 Å². The van der Waals surface area contributed by atoms with E-state index in [0.717, 1.165) is 44.8 Å². The maximum absolute atomic E-state index is 9.60. The number of hydrogen-bond donors (Lipinski definition) is 1. The van der Waals surface area contributed by atoms with Crippen LogP contribution in [0.3, 0.4) is 0 Å². The van der Waals surface area contributed by atoms with Crippen molar-refractivity contribution in [1.82, 2.24) is 19.7 Å². The van der Waals surface area contributed by atoms with Gasteiger partial charge in [-0.3, -0.25) is 4.90 Å². The summed E-state index contributed by atoms with van der Waals surface area (Å²) in [5.41, 5.74) is 0.0438. The Bertz CT molecular complexity index is 351. The molecule has 0 amide bonds. The molecule has 96 valence electrons. The standard InChI is InChI=1S/C12H22N4O/c1-3-12(4-2,9-17)8-15-5-6-16-10-13-14-11(16)7-15/h10,17H,3-9H2,1-2H3. The van der Waals surface area contributed by atoms with E-state index in [1.54, 1.807) is 6.33 Å². The number of aliphatic hydroxyl groups excluding tert-OH is 1. The maximum atomic E-state index is 9.60. The van der Waals surface area contributed by atoms with Gasteiger partial charge in [-0.05, 0) is 12.8 Å². The molecule has 1 aliphatic rings. The number of nitrogens with zero attached hydrogens (tertiary/aromatic N) is 4. The van der Waals surface area contributed by atoms with Crippen LogP contribution in [-0.4, -0.2) is 44.5 Å². The van der Waals surface area contributed by atoms with Gasteiger partial charge >= 0.3 is 0 Å². The molecule has 17 heavy (non-hydrogen) atoms. The quantitative estimate of drug-likeness (QED) is 0.828. The summed E-state index contributed by atoms with van der Waals surface area (Å²) >= 11 is 0. The van der Waals surface area contributed by atoms with Crippen LogP contribution >= 0.6 is 0 Å². The van der Waals surface area contributed by atoms with Gasteiger partial charge in [-0.1, -0.05) is 13.8 Å². The first-order valence-corrected chi connectivity index (χ1v) is 6.43. The second kappa shape index (κ2) is 5.14. The number of aromatic nitrogens is 3. The molecule has 0 unspecified atom stereocenters. The monoisotopic (exact) mass is 238 g/mol. The summed E-state index contributed by atoms with van der Waals surface area (Å²) in [5.74, 6) is 1.04. The van der Waals surface area contributed by atoms with Crippen LogP contribution in [0.1, 0.15) is 32.5 Å². The zero-order chi connectivity index (χ0) is 12.3. The van der Waals surface area contributed by atoms with Crippen LogP contribution in [0.25, 0.3) is 0 Å². The van der Waals surface area contributed by atoms with Crippen LogP contribution in [0, 0.1) is 5.41 Å². The fraction of sp³-hybridized carbons (Fsp3) is 0.833. The second-order valence-electron chi connectivity index (χ2n) is 5.02. The van der Waals surface area contributed by atoms with Crippen LogP contribution in [0.5, 0.6) is 0 Å². The van der Waals surface area contributed by atoms with E-state index in [9.17, 15) is 5.11 Å². The molecule has 1 aliphatic heterocycles. The number of hydrogen-bond acceptors (Lipinski definition) is 4. The lowest BCUT2D eigenvalue weighted by molar-refractivity contribution is 0.0539. The molecule has 5 nitrogen and oxygen atoms in total. The lowest BCUT2D eigenvalue weighted by atomic mass is 9.82. The smallest absolute Gasteiger partial charge is 0.147 e. The van der Waals surface area contributed by atoms with E-state index in [4.69, 9.17) is 0 Å². The Hall–Kier alpha value is -0.940. The zero-order valence-corrected chi connectivity index (χ0v) is 10.8. The molecule has 0 fully saturated rings. The summed E-state index contributed by atoms with van der Waals surface area (Å²) in [6.07, 6.45) is 3.83. The molecule has 2 rings (SSSR count). The van der Waals surface area contributed by atoms with Gasteiger partial charge < -0.3 is 9.67 Å². The molecular formula is C12H22N4O. The van der Waals surface area contributed by atoms with Crippen molar-refractivity contribution in [2.24, 2.45) is 5.41 Å². The highest BCUT2D eigenvalue weighted by Crippen LogP contribution is 2.28. The normalized spacial score (nSPS) is 17.1. The van der Waals surface area contributed by atoms with Crippen molar-refractivity contribution in [1.29, 1.82) is 0 Å². The molecule has 0 aliphatic carbocycles. The fourth-order valence-electron chi connectivity index (χ4n) is 2.47. The molecule has 1 aromatic heterocycles. The predicted octanol–water partition coefficient (Wildman–Crippen LogP) is 0.892. The van der Waals surface area contributed by atoms with E-state index >= 15 is 0 Å². The summed E-state index contributed by atoms with van der Waals surface area (Å²) in [6, 6.07) is 0. The summed E-state index contributed by atoms with van der Waals surface area (Å²) in [6.45, 7) is 8.36. The Balaban J connectivity index is 2.01. The first-order valence-electron chi connectivity index (χ1n) is 6.43. The Labute approximate surface area is 102 Å². The number of rotatable bonds is 5. The van der Waals surface area contributed by atoms with Gasteiger partial charge in [-0.15, -0.1) is 10.2 Å².